The first kappa shape index (κ1) is 21.1. The molecule has 0 aliphatic carbocycles. The molecular formula is C27H22N4O4. The summed E-state index contributed by atoms with van der Waals surface area (Å²) in [4.78, 5) is 42.6. The van der Waals surface area contributed by atoms with E-state index in [2.05, 4.69) is 10.4 Å². The van der Waals surface area contributed by atoms with E-state index in [0.29, 0.717) is 17.1 Å². The Bertz CT molecular complexity index is 1370. The van der Waals surface area contributed by atoms with E-state index in [1.54, 1.807) is 47.6 Å². The molecule has 3 aliphatic heterocycles. The molecule has 0 spiro atoms. The molecule has 4 atom stereocenters. The van der Waals surface area contributed by atoms with Crippen LogP contribution in [-0.4, -0.2) is 42.1 Å². The van der Waals surface area contributed by atoms with Gasteiger partial charge in [0.15, 0.2) is 0 Å². The minimum absolute atomic E-state index is 0.360. The molecule has 3 aromatic carbocycles. The fourth-order valence-electron chi connectivity index (χ4n) is 5.46. The van der Waals surface area contributed by atoms with E-state index >= 15 is 0 Å². The lowest BCUT2D eigenvalue weighted by Gasteiger charge is -2.33. The summed E-state index contributed by atoms with van der Waals surface area (Å²) in [5.41, 5.74) is 2.72. The van der Waals surface area contributed by atoms with Gasteiger partial charge >= 0.3 is 0 Å². The van der Waals surface area contributed by atoms with Crippen molar-refractivity contribution in [3.63, 3.8) is 0 Å². The summed E-state index contributed by atoms with van der Waals surface area (Å²) in [5, 5.41) is 9.09. The number of nitrogens with one attached hydrogen (secondary N) is 1. The first-order valence-electron chi connectivity index (χ1n) is 11.4. The Hall–Kier alpha value is -4.46. The summed E-state index contributed by atoms with van der Waals surface area (Å²) in [7, 11) is 1.49. The summed E-state index contributed by atoms with van der Waals surface area (Å²) >= 11 is 0. The minimum Gasteiger partial charge on any atom is -0.495 e. The standard InChI is InChI=1S/C27H22N4O4/c1-35-20-14-8-7-13-19(20)30-26(33)21-22(27(30)34)24(25(32)29-17-10-3-2-4-11-17)31-23(21)18-12-6-5-9-16(18)15-28-31/h2-15,21-24H,1H3,(H,29,32)/t21-,22+,23+,24+/m0/s1. The molecule has 0 unspecified atom stereocenters. The van der Waals surface area contributed by atoms with Crippen molar-refractivity contribution in [2.24, 2.45) is 16.9 Å². The Morgan fingerprint density at radius 1 is 0.886 bits per heavy atom. The topological polar surface area (TPSA) is 91.3 Å². The summed E-state index contributed by atoms with van der Waals surface area (Å²) in [6.45, 7) is 0. The molecular weight excluding hydrogens is 444 g/mol. The Morgan fingerprint density at radius 3 is 2.37 bits per heavy atom. The zero-order valence-corrected chi connectivity index (χ0v) is 18.9. The van der Waals surface area contributed by atoms with Crippen LogP contribution < -0.4 is 15.0 Å². The second-order valence-corrected chi connectivity index (χ2v) is 8.73. The van der Waals surface area contributed by atoms with Crippen LogP contribution in [-0.2, 0) is 14.4 Å². The predicted molar refractivity (Wildman–Crippen MR) is 130 cm³/mol. The van der Waals surface area contributed by atoms with Gasteiger partial charge in [-0.05, 0) is 35.4 Å². The number of methoxy groups -OCH3 is 1. The summed E-state index contributed by atoms with van der Waals surface area (Å²) < 4.78 is 5.43. The number of imide groups is 1. The van der Waals surface area contributed by atoms with Crippen LogP contribution in [0.3, 0.4) is 0 Å². The van der Waals surface area contributed by atoms with Gasteiger partial charge in [-0.3, -0.25) is 19.4 Å². The van der Waals surface area contributed by atoms with E-state index in [9.17, 15) is 14.4 Å². The third kappa shape index (κ3) is 3.13. The smallest absolute Gasteiger partial charge is 0.249 e. The van der Waals surface area contributed by atoms with E-state index in [4.69, 9.17) is 4.74 Å². The Labute approximate surface area is 201 Å². The molecule has 0 radical (unpaired) electrons. The summed E-state index contributed by atoms with van der Waals surface area (Å²) in [5.74, 6) is -2.42. The molecule has 35 heavy (non-hydrogen) atoms. The highest BCUT2D eigenvalue weighted by molar-refractivity contribution is 6.25. The van der Waals surface area contributed by atoms with E-state index in [-0.39, 0.29) is 11.8 Å². The number of anilines is 2. The van der Waals surface area contributed by atoms with Gasteiger partial charge in [0.2, 0.25) is 17.7 Å². The highest BCUT2D eigenvalue weighted by atomic mass is 16.5. The van der Waals surface area contributed by atoms with Crippen molar-refractivity contribution in [3.8, 4) is 5.75 Å². The fourth-order valence-corrected chi connectivity index (χ4v) is 5.46. The second-order valence-electron chi connectivity index (χ2n) is 8.73. The minimum atomic E-state index is -0.953. The summed E-state index contributed by atoms with van der Waals surface area (Å²) in [6, 6.07) is 22.1. The van der Waals surface area contributed by atoms with Gasteiger partial charge < -0.3 is 10.1 Å². The third-order valence-corrected chi connectivity index (χ3v) is 6.93. The van der Waals surface area contributed by atoms with Crippen LogP contribution in [0.5, 0.6) is 5.75 Å². The number of hydrogen-bond donors (Lipinski definition) is 1. The average molecular weight is 466 g/mol. The van der Waals surface area contributed by atoms with Crippen LogP contribution in [0, 0.1) is 11.8 Å². The lowest BCUT2D eigenvalue weighted by atomic mass is 9.85. The Balaban J connectivity index is 1.46. The number of carbonyl (C=O) groups is 3. The zero-order chi connectivity index (χ0) is 24.1. The van der Waals surface area contributed by atoms with Crippen molar-refractivity contribution < 1.29 is 19.1 Å². The molecule has 8 nitrogen and oxygen atoms in total. The fraction of sp³-hybridized carbons (Fsp3) is 0.185. The predicted octanol–water partition coefficient (Wildman–Crippen LogP) is 3.21. The molecule has 3 amide bonds. The van der Waals surface area contributed by atoms with E-state index in [1.807, 2.05) is 42.5 Å². The van der Waals surface area contributed by atoms with Gasteiger partial charge in [-0.15, -0.1) is 0 Å². The molecule has 3 heterocycles. The van der Waals surface area contributed by atoms with Crippen molar-refractivity contribution in [1.82, 2.24) is 5.01 Å². The average Bonchev–Trinajstić information content (AvgIpc) is 3.37. The van der Waals surface area contributed by atoms with Crippen molar-refractivity contribution in [2.75, 3.05) is 17.3 Å². The number of benzene rings is 3. The molecule has 3 aliphatic rings. The van der Waals surface area contributed by atoms with Crippen molar-refractivity contribution in [3.05, 3.63) is 90.0 Å². The monoisotopic (exact) mass is 466 g/mol. The molecule has 1 N–H and O–H groups in total. The van der Waals surface area contributed by atoms with Crippen molar-refractivity contribution in [1.29, 1.82) is 0 Å². The zero-order valence-electron chi connectivity index (χ0n) is 18.9. The summed E-state index contributed by atoms with van der Waals surface area (Å²) in [6.07, 6.45) is 1.68. The Morgan fingerprint density at radius 2 is 1.57 bits per heavy atom. The molecule has 0 bridgehead atoms. The largest absolute Gasteiger partial charge is 0.495 e. The number of amides is 3. The second kappa shape index (κ2) is 8.09. The normalized spacial score (nSPS) is 24.1. The quantitative estimate of drug-likeness (QED) is 0.597. The number of ether oxygens (including phenoxy) is 1. The van der Waals surface area contributed by atoms with Crippen LogP contribution in [0.15, 0.2) is 84.0 Å². The van der Waals surface area contributed by atoms with E-state index in [0.717, 1.165) is 11.1 Å². The molecule has 3 aromatic rings. The number of rotatable bonds is 4. The number of para-hydroxylation sites is 3. The number of carbonyl (C=O) groups excluding carboxylic acids is 3. The highest BCUT2D eigenvalue weighted by Gasteiger charge is 2.65. The first-order valence-corrected chi connectivity index (χ1v) is 11.4. The highest BCUT2D eigenvalue weighted by Crippen LogP contribution is 2.53. The van der Waals surface area contributed by atoms with Gasteiger partial charge in [0.05, 0.1) is 36.9 Å². The molecule has 0 saturated carbocycles. The van der Waals surface area contributed by atoms with Gasteiger partial charge in [-0.25, -0.2) is 4.90 Å². The number of hydrazone groups is 1. The third-order valence-electron chi connectivity index (χ3n) is 6.93. The van der Waals surface area contributed by atoms with Crippen LogP contribution in [0.25, 0.3) is 0 Å². The van der Waals surface area contributed by atoms with Crippen molar-refractivity contribution in [2.45, 2.75) is 12.1 Å². The maximum atomic E-state index is 13.9. The number of fused-ring (bicyclic) bond motifs is 5. The van der Waals surface area contributed by atoms with Gasteiger partial charge in [-0.1, -0.05) is 54.6 Å². The first-order chi connectivity index (χ1) is 17.1. The number of hydrogen-bond acceptors (Lipinski definition) is 6. The van der Waals surface area contributed by atoms with E-state index < -0.39 is 29.8 Å². The molecule has 2 saturated heterocycles. The molecule has 174 valence electrons. The Kier molecular flexibility index (Phi) is 4.88. The van der Waals surface area contributed by atoms with Gasteiger partial charge in [-0.2, -0.15) is 5.10 Å². The van der Waals surface area contributed by atoms with Gasteiger partial charge in [0.25, 0.3) is 0 Å². The van der Waals surface area contributed by atoms with Crippen LogP contribution in [0.4, 0.5) is 11.4 Å². The molecule has 8 heteroatoms. The van der Waals surface area contributed by atoms with Gasteiger partial charge in [0, 0.05) is 5.69 Å². The maximum absolute atomic E-state index is 13.9. The molecule has 0 aromatic heterocycles. The maximum Gasteiger partial charge on any atom is 0.249 e. The lowest BCUT2D eigenvalue weighted by molar-refractivity contribution is -0.129. The van der Waals surface area contributed by atoms with Gasteiger partial charge in [0.1, 0.15) is 11.8 Å². The molecule has 6 rings (SSSR count). The van der Waals surface area contributed by atoms with Crippen LogP contribution in [0.1, 0.15) is 17.2 Å². The SMILES string of the molecule is COc1ccccc1N1C(=O)[C@@H]2[C@H](C1=O)[C@H]1c3ccccc3C=NN1[C@H]2C(=O)Nc1ccccc1. The van der Waals surface area contributed by atoms with Crippen LogP contribution >= 0.6 is 0 Å². The lowest BCUT2D eigenvalue weighted by Crippen LogP contribution is -2.46. The van der Waals surface area contributed by atoms with Crippen molar-refractivity contribution >= 4 is 35.3 Å². The van der Waals surface area contributed by atoms with E-state index in [1.165, 1.54) is 12.0 Å². The number of nitrogens with zero attached hydrogens (tertiary/aromatic N) is 3. The molecule has 2 fully saturated rings. The van der Waals surface area contributed by atoms with Crippen LogP contribution in [0.2, 0.25) is 0 Å².